The molecule has 2 heterocycles. The molecule has 0 N–H and O–H groups in total. The molecule has 2 saturated heterocycles. The zero-order chi connectivity index (χ0) is 26.0. The molecule has 2 rings (SSSR count). The third kappa shape index (κ3) is 8.38. The first-order chi connectivity index (χ1) is 14.7. The SMILES string of the molecule is CC(C)(C)C(=O)C1CCCN1C(C)(C)C.CC(C)(C)C(=O)N1CCN(C(=O)C(C)(C)C)CC1. The molecule has 2 aliphatic heterocycles. The van der Waals surface area contributed by atoms with Crippen LogP contribution < -0.4 is 0 Å². The number of rotatable bonds is 1. The molecule has 0 spiro atoms. The predicted octanol–water partition coefficient (Wildman–Crippen LogP) is 4.61. The summed E-state index contributed by atoms with van der Waals surface area (Å²) in [4.78, 5) is 42.6. The van der Waals surface area contributed by atoms with Gasteiger partial charge in [0.2, 0.25) is 11.8 Å². The van der Waals surface area contributed by atoms with Crippen LogP contribution in [0, 0.1) is 16.2 Å². The van der Waals surface area contributed by atoms with Gasteiger partial charge < -0.3 is 9.80 Å². The Hall–Kier alpha value is -1.43. The van der Waals surface area contributed by atoms with Crippen LogP contribution in [-0.4, -0.2) is 76.6 Å². The number of likely N-dealkylation sites (tertiary alicyclic amines) is 1. The average Bonchev–Trinajstić information content (AvgIpc) is 3.15. The standard InChI is InChI=1S/C14H26N2O2.C13H25NO/c1-13(2,3)11(17)15-7-9-16(10-8-15)12(18)14(4,5)6;1-12(2,3)11(15)10-8-7-9-14(10)13(4,5)6/h7-10H2,1-6H3;10H,7-9H2,1-6H3. The molecule has 1 unspecified atom stereocenters. The zero-order valence-electron chi connectivity index (χ0n) is 23.6. The Labute approximate surface area is 203 Å². The lowest BCUT2D eigenvalue weighted by molar-refractivity contribution is -0.148. The first-order valence-corrected chi connectivity index (χ1v) is 12.6. The Morgan fingerprint density at radius 2 is 0.939 bits per heavy atom. The molecule has 0 aromatic heterocycles. The first-order valence-electron chi connectivity index (χ1n) is 12.6. The molecular formula is C27H51N3O3. The molecule has 6 nitrogen and oxygen atoms in total. The minimum atomic E-state index is -0.337. The highest BCUT2D eigenvalue weighted by molar-refractivity contribution is 5.89. The summed E-state index contributed by atoms with van der Waals surface area (Å²) in [6, 6.07) is 0.144. The number of nitrogens with zero attached hydrogens (tertiary/aromatic N) is 3. The second-order valence-corrected chi connectivity index (χ2v) is 13.7. The van der Waals surface area contributed by atoms with E-state index in [1.54, 1.807) is 0 Å². The Morgan fingerprint density at radius 1 is 0.576 bits per heavy atom. The Bertz CT molecular complexity index is 660. The van der Waals surface area contributed by atoms with Crippen molar-refractivity contribution in [1.29, 1.82) is 0 Å². The number of piperazine rings is 1. The second kappa shape index (κ2) is 10.5. The molecule has 0 radical (unpaired) electrons. The van der Waals surface area contributed by atoms with Crippen molar-refractivity contribution < 1.29 is 14.4 Å². The van der Waals surface area contributed by atoms with E-state index in [1.807, 2.05) is 72.1 Å². The number of hydrogen-bond acceptors (Lipinski definition) is 4. The van der Waals surface area contributed by atoms with Crippen LogP contribution in [0.4, 0.5) is 0 Å². The van der Waals surface area contributed by atoms with E-state index >= 15 is 0 Å². The van der Waals surface area contributed by atoms with Crippen LogP contribution >= 0.6 is 0 Å². The molecule has 33 heavy (non-hydrogen) atoms. The smallest absolute Gasteiger partial charge is 0.228 e. The molecule has 0 aliphatic carbocycles. The van der Waals surface area contributed by atoms with Gasteiger partial charge in [-0.15, -0.1) is 0 Å². The van der Waals surface area contributed by atoms with Crippen molar-refractivity contribution in [2.24, 2.45) is 16.2 Å². The number of Topliss-reactive ketones (excluding diaryl/α,β-unsaturated/α-hetero) is 1. The van der Waals surface area contributed by atoms with E-state index in [1.165, 1.54) is 0 Å². The lowest BCUT2D eigenvalue weighted by Gasteiger charge is -2.39. The van der Waals surface area contributed by atoms with E-state index in [2.05, 4.69) is 25.7 Å². The summed E-state index contributed by atoms with van der Waals surface area (Å²) in [5.74, 6) is 0.741. The van der Waals surface area contributed by atoms with E-state index in [0.29, 0.717) is 32.0 Å². The average molecular weight is 466 g/mol. The Balaban J connectivity index is 0.000000335. The molecule has 2 aliphatic rings. The lowest BCUT2D eigenvalue weighted by Crippen LogP contribution is -2.54. The largest absolute Gasteiger partial charge is 0.339 e. The molecule has 2 amide bonds. The summed E-state index contributed by atoms with van der Waals surface area (Å²) < 4.78 is 0. The van der Waals surface area contributed by atoms with Crippen molar-refractivity contribution in [3.63, 3.8) is 0 Å². The highest BCUT2D eigenvalue weighted by Gasteiger charge is 2.40. The summed E-state index contributed by atoms with van der Waals surface area (Å²) in [7, 11) is 0. The molecule has 6 heteroatoms. The third-order valence-electron chi connectivity index (χ3n) is 6.29. The molecule has 1 atom stereocenters. The van der Waals surface area contributed by atoms with Gasteiger partial charge in [0, 0.05) is 48.0 Å². The maximum absolute atomic E-state index is 12.3. The summed E-state index contributed by atoms with van der Waals surface area (Å²) in [6.07, 6.45) is 2.19. The molecule has 2 fully saturated rings. The molecule has 0 saturated carbocycles. The fraction of sp³-hybridized carbons (Fsp3) is 0.889. The van der Waals surface area contributed by atoms with Crippen LogP contribution in [0.1, 0.15) is 95.9 Å². The number of amides is 2. The fourth-order valence-corrected chi connectivity index (χ4v) is 4.40. The predicted molar refractivity (Wildman–Crippen MR) is 136 cm³/mol. The quantitative estimate of drug-likeness (QED) is 0.567. The highest BCUT2D eigenvalue weighted by Crippen LogP contribution is 2.31. The van der Waals surface area contributed by atoms with E-state index in [4.69, 9.17) is 0 Å². The number of carbonyl (C=O) groups excluding carboxylic acids is 3. The van der Waals surface area contributed by atoms with Gasteiger partial charge >= 0.3 is 0 Å². The van der Waals surface area contributed by atoms with Gasteiger partial charge in [-0.25, -0.2) is 0 Å². The van der Waals surface area contributed by atoms with Gasteiger partial charge in [0.05, 0.1) is 6.04 Å². The summed E-state index contributed by atoms with van der Waals surface area (Å²) >= 11 is 0. The summed E-state index contributed by atoms with van der Waals surface area (Å²) in [5, 5.41) is 0. The highest BCUT2D eigenvalue weighted by atomic mass is 16.2. The van der Waals surface area contributed by atoms with Gasteiger partial charge in [-0.2, -0.15) is 0 Å². The fourth-order valence-electron chi connectivity index (χ4n) is 4.40. The van der Waals surface area contributed by atoms with Crippen molar-refractivity contribution in [3.8, 4) is 0 Å². The molecule has 0 aromatic rings. The lowest BCUT2D eigenvalue weighted by atomic mass is 9.84. The van der Waals surface area contributed by atoms with Crippen LogP contribution in [0.2, 0.25) is 0 Å². The van der Waals surface area contributed by atoms with E-state index in [-0.39, 0.29) is 39.6 Å². The van der Waals surface area contributed by atoms with Gasteiger partial charge in [0.1, 0.15) is 0 Å². The first kappa shape index (κ1) is 29.6. The summed E-state index contributed by atoms with van der Waals surface area (Å²) in [6.45, 7) is 27.9. The molecule has 192 valence electrons. The van der Waals surface area contributed by atoms with Crippen molar-refractivity contribution in [3.05, 3.63) is 0 Å². The van der Waals surface area contributed by atoms with Crippen molar-refractivity contribution >= 4 is 17.6 Å². The van der Waals surface area contributed by atoms with E-state index in [0.717, 1.165) is 19.4 Å². The number of ketones is 1. The molecule has 0 bridgehead atoms. The van der Waals surface area contributed by atoms with Gasteiger partial charge in [-0.05, 0) is 40.2 Å². The number of carbonyl (C=O) groups is 3. The van der Waals surface area contributed by atoms with Crippen LogP contribution in [-0.2, 0) is 14.4 Å². The minimum Gasteiger partial charge on any atom is -0.339 e. The van der Waals surface area contributed by atoms with Crippen LogP contribution in [0.5, 0.6) is 0 Å². The van der Waals surface area contributed by atoms with Crippen LogP contribution in [0.3, 0.4) is 0 Å². The van der Waals surface area contributed by atoms with Crippen molar-refractivity contribution in [2.75, 3.05) is 32.7 Å². The monoisotopic (exact) mass is 465 g/mol. The topological polar surface area (TPSA) is 60.9 Å². The Morgan fingerprint density at radius 3 is 1.21 bits per heavy atom. The zero-order valence-corrected chi connectivity index (χ0v) is 23.6. The van der Waals surface area contributed by atoms with Gasteiger partial charge in [-0.3, -0.25) is 19.3 Å². The van der Waals surface area contributed by atoms with Gasteiger partial charge in [0.25, 0.3) is 0 Å². The van der Waals surface area contributed by atoms with Crippen LogP contribution in [0.15, 0.2) is 0 Å². The van der Waals surface area contributed by atoms with E-state index < -0.39 is 0 Å². The number of hydrogen-bond donors (Lipinski definition) is 0. The van der Waals surface area contributed by atoms with Gasteiger partial charge in [-0.1, -0.05) is 62.3 Å². The van der Waals surface area contributed by atoms with Crippen LogP contribution in [0.25, 0.3) is 0 Å². The molecular weight excluding hydrogens is 414 g/mol. The maximum atomic E-state index is 12.3. The van der Waals surface area contributed by atoms with E-state index in [9.17, 15) is 14.4 Å². The van der Waals surface area contributed by atoms with Gasteiger partial charge in [0.15, 0.2) is 5.78 Å². The second-order valence-electron chi connectivity index (χ2n) is 13.7. The molecule has 0 aromatic carbocycles. The third-order valence-corrected chi connectivity index (χ3v) is 6.29. The normalized spacial score (nSPS) is 20.9. The summed E-state index contributed by atoms with van der Waals surface area (Å²) in [5.41, 5.74) is -0.771. The van der Waals surface area contributed by atoms with Crippen molar-refractivity contribution in [2.45, 2.75) is 108 Å². The van der Waals surface area contributed by atoms with Crippen molar-refractivity contribution in [1.82, 2.24) is 14.7 Å². The minimum absolute atomic E-state index is 0.113. The Kier molecular flexibility index (Phi) is 9.38. The maximum Gasteiger partial charge on any atom is 0.228 e.